The standard InChI is InChI=1S/C13H28N2O/c1-10(16)8-15(5)9-11-6-7-13(2,3)12(11)14-4/h10-12,14,16H,6-9H2,1-5H3. The summed E-state index contributed by atoms with van der Waals surface area (Å²) in [6.45, 7) is 8.41. The Morgan fingerprint density at radius 2 is 2.12 bits per heavy atom. The second kappa shape index (κ2) is 5.48. The van der Waals surface area contributed by atoms with Crippen molar-refractivity contribution in [2.45, 2.75) is 45.8 Å². The minimum atomic E-state index is -0.229. The van der Waals surface area contributed by atoms with E-state index in [4.69, 9.17) is 0 Å². The van der Waals surface area contributed by atoms with Crippen LogP contribution in [0.2, 0.25) is 0 Å². The monoisotopic (exact) mass is 228 g/mol. The van der Waals surface area contributed by atoms with Crippen LogP contribution in [0.15, 0.2) is 0 Å². The van der Waals surface area contributed by atoms with Crippen molar-refractivity contribution in [3.05, 3.63) is 0 Å². The summed E-state index contributed by atoms with van der Waals surface area (Å²) in [5, 5.41) is 12.8. The van der Waals surface area contributed by atoms with E-state index in [1.54, 1.807) is 0 Å². The molecule has 0 aromatic rings. The van der Waals surface area contributed by atoms with Crippen molar-refractivity contribution in [1.29, 1.82) is 0 Å². The first-order valence-corrected chi connectivity index (χ1v) is 6.40. The predicted octanol–water partition coefficient (Wildman–Crippen LogP) is 1.32. The Morgan fingerprint density at radius 1 is 1.50 bits per heavy atom. The van der Waals surface area contributed by atoms with E-state index < -0.39 is 0 Å². The van der Waals surface area contributed by atoms with E-state index in [0.29, 0.717) is 17.4 Å². The van der Waals surface area contributed by atoms with Gasteiger partial charge < -0.3 is 15.3 Å². The Labute approximate surface area is 100 Å². The van der Waals surface area contributed by atoms with Gasteiger partial charge in [-0.15, -0.1) is 0 Å². The molecule has 0 aromatic carbocycles. The molecule has 1 aliphatic rings. The Hall–Kier alpha value is -0.120. The van der Waals surface area contributed by atoms with Crippen LogP contribution in [0.1, 0.15) is 33.6 Å². The minimum absolute atomic E-state index is 0.229. The highest BCUT2D eigenvalue weighted by Crippen LogP contribution is 2.41. The van der Waals surface area contributed by atoms with Crippen LogP contribution in [-0.2, 0) is 0 Å². The molecular weight excluding hydrogens is 200 g/mol. The average molecular weight is 228 g/mol. The first kappa shape index (κ1) is 13.9. The molecule has 0 aliphatic heterocycles. The van der Waals surface area contributed by atoms with Gasteiger partial charge in [0.2, 0.25) is 0 Å². The summed E-state index contributed by atoms with van der Waals surface area (Å²) in [4.78, 5) is 2.25. The van der Waals surface area contributed by atoms with Crippen molar-refractivity contribution >= 4 is 0 Å². The number of nitrogens with zero attached hydrogens (tertiary/aromatic N) is 1. The number of nitrogens with one attached hydrogen (secondary N) is 1. The smallest absolute Gasteiger partial charge is 0.0638 e. The van der Waals surface area contributed by atoms with Crippen LogP contribution >= 0.6 is 0 Å². The number of hydrogen-bond acceptors (Lipinski definition) is 3. The van der Waals surface area contributed by atoms with Crippen LogP contribution in [0.25, 0.3) is 0 Å². The molecule has 0 radical (unpaired) electrons. The third-order valence-electron chi connectivity index (χ3n) is 3.91. The molecule has 0 aromatic heterocycles. The molecule has 1 fully saturated rings. The highest BCUT2D eigenvalue weighted by molar-refractivity contribution is 4.96. The molecule has 3 unspecified atom stereocenters. The van der Waals surface area contributed by atoms with Gasteiger partial charge >= 0.3 is 0 Å². The first-order valence-electron chi connectivity index (χ1n) is 6.40. The van der Waals surface area contributed by atoms with E-state index >= 15 is 0 Å². The summed E-state index contributed by atoms with van der Waals surface area (Å²) in [6.07, 6.45) is 2.36. The topological polar surface area (TPSA) is 35.5 Å². The maximum Gasteiger partial charge on any atom is 0.0638 e. The fourth-order valence-corrected chi connectivity index (χ4v) is 3.27. The second-order valence-corrected chi connectivity index (χ2v) is 6.12. The lowest BCUT2D eigenvalue weighted by atomic mass is 9.85. The molecule has 0 saturated heterocycles. The largest absolute Gasteiger partial charge is 0.392 e. The SMILES string of the molecule is CNC1C(CN(C)CC(C)O)CCC1(C)C. The van der Waals surface area contributed by atoms with Gasteiger partial charge in [0.05, 0.1) is 6.10 Å². The Bertz CT molecular complexity index is 216. The molecular formula is C13H28N2O. The van der Waals surface area contributed by atoms with Crippen molar-refractivity contribution in [2.75, 3.05) is 27.2 Å². The van der Waals surface area contributed by atoms with Gasteiger partial charge in [0, 0.05) is 19.1 Å². The van der Waals surface area contributed by atoms with Gasteiger partial charge in [0.1, 0.15) is 0 Å². The van der Waals surface area contributed by atoms with Crippen molar-refractivity contribution in [3.8, 4) is 0 Å². The highest BCUT2D eigenvalue weighted by atomic mass is 16.3. The molecule has 0 spiro atoms. The van der Waals surface area contributed by atoms with Crippen LogP contribution < -0.4 is 5.32 Å². The molecule has 3 atom stereocenters. The van der Waals surface area contributed by atoms with Gasteiger partial charge in [-0.1, -0.05) is 13.8 Å². The zero-order chi connectivity index (χ0) is 12.3. The molecule has 1 aliphatic carbocycles. The van der Waals surface area contributed by atoms with E-state index in [9.17, 15) is 5.11 Å². The van der Waals surface area contributed by atoms with Gasteiger partial charge in [-0.05, 0) is 45.2 Å². The highest BCUT2D eigenvalue weighted by Gasteiger charge is 2.40. The number of rotatable bonds is 5. The van der Waals surface area contributed by atoms with E-state index in [1.807, 2.05) is 6.92 Å². The summed E-state index contributed by atoms with van der Waals surface area (Å²) >= 11 is 0. The van der Waals surface area contributed by atoms with E-state index in [0.717, 1.165) is 13.1 Å². The lowest BCUT2D eigenvalue weighted by Gasteiger charge is -2.32. The van der Waals surface area contributed by atoms with E-state index in [2.05, 4.69) is 38.2 Å². The molecule has 1 saturated carbocycles. The van der Waals surface area contributed by atoms with Gasteiger partial charge in [-0.3, -0.25) is 0 Å². The van der Waals surface area contributed by atoms with Gasteiger partial charge in [-0.25, -0.2) is 0 Å². The van der Waals surface area contributed by atoms with Crippen LogP contribution in [0.3, 0.4) is 0 Å². The van der Waals surface area contributed by atoms with Gasteiger partial charge in [0.25, 0.3) is 0 Å². The Kier molecular flexibility index (Phi) is 4.77. The maximum atomic E-state index is 9.37. The van der Waals surface area contributed by atoms with Crippen molar-refractivity contribution < 1.29 is 5.11 Å². The number of likely N-dealkylation sites (N-methyl/N-ethyl adjacent to an activating group) is 1. The Morgan fingerprint density at radius 3 is 2.62 bits per heavy atom. The van der Waals surface area contributed by atoms with E-state index in [-0.39, 0.29) is 6.10 Å². The third-order valence-corrected chi connectivity index (χ3v) is 3.91. The number of aliphatic hydroxyl groups is 1. The van der Waals surface area contributed by atoms with E-state index in [1.165, 1.54) is 12.8 Å². The fourth-order valence-electron chi connectivity index (χ4n) is 3.27. The first-order chi connectivity index (χ1) is 7.36. The Balaban J connectivity index is 2.49. The summed E-state index contributed by atoms with van der Waals surface area (Å²) in [5.41, 5.74) is 0.408. The molecule has 0 bridgehead atoms. The molecule has 3 heteroatoms. The third kappa shape index (κ3) is 3.44. The summed E-state index contributed by atoms with van der Waals surface area (Å²) in [6, 6.07) is 0.601. The zero-order valence-electron chi connectivity index (χ0n) is 11.5. The molecule has 96 valence electrons. The normalized spacial score (nSPS) is 30.9. The van der Waals surface area contributed by atoms with Crippen molar-refractivity contribution in [2.24, 2.45) is 11.3 Å². The fraction of sp³-hybridized carbons (Fsp3) is 1.00. The van der Waals surface area contributed by atoms with Gasteiger partial charge in [0.15, 0.2) is 0 Å². The van der Waals surface area contributed by atoms with Crippen LogP contribution in [-0.4, -0.2) is 49.3 Å². The molecule has 0 heterocycles. The van der Waals surface area contributed by atoms with Crippen LogP contribution in [0.5, 0.6) is 0 Å². The minimum Gasteiger partial charge on any atom is -0.392 e. The summed E-state index contributed by atoms with van der Waals surface area (Å²) < 4.78 is 0. The van der Waals surface area contributed by atoms with Crippen LogP contribution in [0.4, 0.5) is 0 Å². The summed E-state index contributed by atoms with van der Waals surface area (Å²) in [5.74, 6) is 0.712. The number of hydrogen-bond donors (Lipinski definition) is 2. The predicted molar refractivity (Wildman–Crippen MR) is 68.5 cm³/mol. The number of aliphatic hydroxyl groups excluding tert-OH is 1. The van der Waals surface area contributed by atoms with Crippen LogP contribution in [0, 0.1) is 11.3 Å². The van der Waals surface area contributed by atoms with Crippen molar-refractivity contribution in [3.63, 3.8) is 0 Å². The lowest BCUT2D eigenvalue weighted by Crippen LogP contribution is -2.44. The second-order valence-electron chi connectivity index (χ2n) is 6.12. The molecule has 2 N–H and O–H groups in total. The maximum absolute atomic E-state index is 9.37. The van der Waals surface area contributed by atoms with Crippen molar-refractivity contribution in [1.82, 2.24) is 10.2 Å². The zero-order valence-corrected chi connectivity index (χ0v) is 11.5. The average Bonchev–Trinajstić information content (AvgIpc) is 2.39. The molecule has 0 amide bonds. The molecule has 1 rings (SSSR count). The quantitative estimate of drug-likeness (QED) is 0.745. The molecule has 16 heavy (non-hydrogen) atoms. The molecule has 3 nitrogen and oxygen atoms in total. The van der Waals surface area contributed by atoms with Gasteiger partial charge in [-0.2, -0.15) is 0 Å². The summed E-state index contributed by atoms with van der Waals surface area (Å²) in [7, 11) is 4.17. The lowest BCUT2D eigenvalue weighted by molar-refractivity contribution is 0.125.